The molecule has 1 aliphatic heterocycles. The predicted molar refractivity (Wildman–Crippen MR) is 97.7 cm³/mol. The van der Waals surface area contributed by atoms with Gasteiger partial charge in [-0.15, -0.1) is 24.8 Å². The van der Waals surface area contributed by atoms with Gasteiger partial charge in [-0.05, 0) is 24.6 Å². The van der Waals surface area contributed by atoms with Crippen LogP contribution in [0, 0.1) is 0 Å². The Morgan fingerprint density at radius 2 is 1.88 bits per heavy atom. The van der Waals surface area contributed by atoms with Gasteiger partial charge in [0.1, 0.15) is 5.75 Å². The number of nitrogens with zero attached hydrogens (tertiary/aromatic N) is 1. The van der Waals surface area contributed by atoms with Gasteiger partial charge >= 0.3 is 6.18 Å². The Hall–Kier alpha value is -0.210. The van der Waals surface area contributed by atoms with Crippen LogP contribution in [0.2, 0.25) is 0 Å². The summed E-state index contributed by atoms with van der Waals surface area (Å²) < 4.78 is 44.3. The highest BCUT2D eigenvalue weighted by molar-refractivity contribution is 9.10. The minimum absolute atomic E-state index is 0. The van der Waals surface area contributed by atoms with Gasteiger partial charge in [0, 0.05) is 48.7 Å². The third-order valence-electron chi connectivity index (χ3n) is 3.84. The standard InChI is InChI=1S/C15H20BrF3N2O.2ClH/c1-22-14-3-2-11(16)10-12(14)13(4-5-15(17,18)19)21-8-6-20-7-9-21;;/h2-3,10,13,20H,4-9H2,1H3;2*1H/t13-;;/m0../s1. The number of methoxy groups -OCH3 is 1. The highest BCUT2D eigenvalue weighted by atomic mass is 79.9. The quantitative estimate of drug-likeness (QED) is 0.705. The third kappa shape index (κ3) is 6.96. The van der Waals surface area contributed by atoms with Crippen LogP contribution in [-0.2, 0) is 0 Å². The average molecular weight is 454 g/mol. The normalized spacial score (nSPS) is 16.7. The van der Waals surface area contributed by atoms with Gasteiger partial charge in [-0.3, -0.25) is 4.90 Å². The fourth-order valence-corrected chi connectivity index (χ4v) is 3.17. The highest BCUT2D eigenvalue weighted by Gasteiger charge is 2.32. The van der Waals surface area contributed by atoms with E-state index < -0.39 is 12.6 Å². The number of nitrogens with one attached hydrogen (secondary N) is 1. The molecule has 24 heavy (non-hydrogen) atoms. The molecule has 2 rings (SSSR count). The van der Waals surface area contributed by atoms with Crippen molar-refractivity contribution in [2.24, 2.45) is 0 Å². The monoisotopic (exact) mass is 452 g/mol. The number of benzene rings is 1. The largest absolute Gasteiger partial charge is 0.496 e. The maximum atomic E-state index is 12.7. The second kappa shape index (κ2) is 10.7. The molecular formula is C15H22BrCl2F3N2O. The second-order valence-electron chi connectivity index (χ2n) is 5.34. The van der Waals surface area contributed by atoms with E-state index in [1.165, 1.54) is 0 Å². The predicted octanol–water partition coefficient (Wildman–Crippen LogP) is 4.59. The summed E-state index contributed by atoms with van der Waals surface area (Å²) >= 11 is 3.40. The van der Waals surface area contributed by atoms with Crippen molar-refractivity contribution < 1.29 is 17.9 Å². The molecule has 140 valence electrons. The van der Waals surface area contributed by atoms with Gasteiger partial charge in [0.2, 0.25) is 0 Å². The van der Waals surface area contributed by atoms with Crippen LogP contribution in [0.15, 0.2) is 22.7 Å². The lowest BCUT2D eigenvalue weighted by molar-refractivity contribution is -0.138. The van der Waals surface area contributed by atoms with Gasteiger partial charge in [-0.1, -0.05) is 15.9 Å². The molecule has 0 radical (unpaired) electrons. The molecule has 0 saturated carbocycles. The number of piperazine rings is 1. The van der Waals surface area contributed by atoms with Crippen LogP contribution in [0.3, 0.4) is 0 Å². The Morgan fingerprint density at radius 1 is 1.25 bits per heavy atom. The lowest BCUT2D eigenvalue weighted by Crippen LogP contribution is -2.45. The lowest BCUT2D eigenvalue weighted by atomic mass is 9.98. The summed E-state index contributed by atoms with van der Waals surface area (Å²) in [6.45, 7) is 3.05. The van der Waals surface area contributed by atoms with Crippen LogP contribution in [0.25, 0.3) is 0 Å². The molecular weight excluding hydrogens is 432 g/mol. The van der Waals surface area contributed by atoms with E-state index in [2.05, 4.69) is 26.1 Å². The molecule has 0 aromatic heterocycles. The van der Waals surface area contributed by atoms with Crippen LogP contribution in [-0.4, -0.2) is 44.4 Å². The Labute approximate surface area is 161 Å². The van der Waals surface area contributed by atoms with E-state index in [1.807, 2.05) is 12.1 Å². The van der Waals surface area contributed by atoms with Crippen molar-refractivity contribution in [3.05, 3.63) is 28.2 Å². The molecule has 0 amide bonds. The Kier molecular flexibility index (Phi) is 10.6. The molecule has 0 unspecified atom stereocenters. The van der Waals surface area contributed by atoms with E-state index in [9.17, 15) is 13.2 Å². The number of rotatable bonds is 5. The number of ether oxygens (including phenoxy) is 1. The maximum Gasteiger partial charge on any atom is 0.389 e. The van der Waals surface area contributed by atoms with Crippen molar-refractivity contribution >= 4 is 40.7 Å². The number of alkyl halides is 3. The fraction of sp³-hybridized carbons (Fsp3) is 0.600. The molecule has 1 atom stereocenters. The summed E-state index contributed by atoms with van der Waals surface area (Å²) in [5, 5.41) is 3.23. The van der Waals surface area contributed by atoms with Crippen molar-refractivity contribution in [2.45, 2.75) is 25.1 Å². The molecule has 1 fully saturated rings. The van der Waals surface area contributed by atoms with Crippen molar-refractivity contribution in [2.75, 3.05) is 33.3 Å². The summed E-state index contributed by atoms with van der Waals surface area (Å²) in [4.78, 5) is 2.10. The van der Waals surface area contributed by atoms with Gasteiger partial charge < -0.3 is 10.1 Å². The van der Waals surface area contributed by atoms with E-state index in [1.54, 1.807) is 13.2 Å². The molecule has 1 aromatic rings. The first-order valence-electron chi connectivity index (χ1n) is 7.25. The topological polar surface area (TPSA) is 24.5 Å². The van der Waals surface area contributed by atoms with Crippen LogP contribution < -0.4 is 10.1 Å². The van der Waals surface area contributed by atoms with Gasteiger partial charge in [0.25, 0.3) is 0 Å². The van der Waals surface area contributed by atoms with Gasteiger partial charge in [-0.2, -0.15) is 13.2 Å². The van der Waals surface area contributed by atoms with E-state index >= 15 is 0 Å². The summed E-state index contributed by atoms with van der Waals surface area (Å²) in [7, 11) is 1.55. The Bertz CT molecular complexity index is 500. The smallest absolute Gasteiger partial charge is 0.389 e. The van der Waals surface area contributed by atoms with Crippen molar-refractivity contribution in [3.8, 4) is 5.75 Å². The SMILES string of the molecule is COc1ccc(Br)cc1[C@H](CCC(F)(F)F)N1CCNCC1.Cl.Cl. The molecule has 9 heteroatoms. The molecule has 1 aromatic carbocycles. The van der Waals surface area contributed by atoms with Crippen LogP contribution >= 0.6 is 40.7 Å². The Balaban J connectivity index is 0.00000264. The molecule has 1 saturated heterocycles. The van der Waals surface area contributed by atoms with Crippen molar-refractivity contribution in [1.82, 2.24) is 10.2 Å². The maximum absolute atomic E-state index is 12.7. The summed E-state index contributed by atoms with van der Waals surface area (Å²) in [5.41, 5.74) is 0.808. The molecule has 0 aliphatic carbocycles. The first-order chi connectivity index (χ1) is 10.4. The van der Waals surface area contributed by atoms with Crippen molar-refractivity contribution in [1.29, 1.82) is 0 Å². The molecule has 1 aliphatic rings. The number of hydrogen-bond donors (Lipinski definition) is 1. The first-order valence-corrected chi connectivity index (χ1v) is 8.05. The van der Waals surface area contributed by atoms with E-state index in [0.29, 0.717) is 5.75 Å². The zero-order chi connectivity index (χ0) is 16.2. The molecule has 0 bridgehead atoms. The zero-order valence-electron chi connectivity index (χ0n) is 13.2. The number of hydrogen-bond acceptors (Lipinski definition) is 3. The highest BCUT2D eigenvalue weighted by Crippen LogP contribution is 2.37. The molecule has 1 heterocycles. The summed E-state index contributed by atoms with van der Waals surface area (Å²) in [5.74, 6) is 0.633. The van der Waals surface area contributed by atoms with Crippen molar-refractivity contribution in [3.63, 3.8) is 0 Å². The van der Waals surface area contributed by atoms with Crippen LogP contribution in [0.5, 0.6) is 5.75 Å². The third-order valence-corrected chi connectivity index (χ3v) is 4.34. The van der Waals surface area contributed by atoms with E-state index in [0.717, 1.165) is 36.2 Å². The molecule has 0 spiro atoms. The van der Waals surface area contributed by atoms with Gasteiger partial charge in [0.05, 0.1) is 7.11 Å². The molecule has 1 N–H and O–H groups in total. The Morgan fingerprint density at radius 3 is 2.42 bits per heavy atom. The average Bonchev–Trinajstić information content (AvgIpc) is 2.48. The van der Waals surface area contributed by atoms with E-state index in [4.69, 9.17) is 4.74 Å². The molecule has 3 nitrogen and oxygen atoms in total. The van der Waals surface area contributed by atoms with Gasteiger partial charge in [-0.25, -0.2) is 0 Å². The van der Waals surface area contributed by atoms with Gasteiger partial charge in [0.15, 0.2) is 0 Å². The lowest BCUT2D eigenvalue weighted by Gasteiger charge is -2.36. The van der Waals surface area contributed by atoms with Crippen LogP contribution in [0.1, 0.15) is 24.4 Å². The second-order valence-corrected chi connectivity index (χ2v) is 6.26. The first kappa shape index (κ1) is 23.8. The minimum Gasteiger partial charge on any atom is -0.496 e. The zero-order valence-corrected chi connectivity index (χ0v) is 16.5. The summed E-state index contributed by atoms with van der Waals surface area (Å²) in [6.07, 6.45) is -4.90. The minimum atomic E-state index is -4.15. The summed E-state index contributed by atoms with van der Waals surface area (Å²) in [6, 6.07) is 5.20. The van der Waals surface area contributed by atoms with Crippen LogP contribution in [0.4, 0.5) is 13.2 Å². The van der Waals surface area contributed by atoms with E-state index in [-0.39, 0.29) is 37.3 Å². The number of halogens is 6. The fourth-order valence-electron chi connectivity index (χ4n) is 2.79.